The van der Waals surface area contributed by atoms with Crippen molar-refractivity contribution in [2.45, 2.75) is 95.3 Å². The van der Waals surface area contributed by atoms with Crippen LogP contribution in [0.5, 0.6) is 0 Å². The van der Waals surface area contributed by atoms with Crippen LogP contribution in [0.2, 0.25) is 0 Å². The SMILES string of the molecule is CCCC(C)NC(=O)C1N([C@@H](CO)[C@@H](C)CC)C(=O)[C@@H]2[C@H](C(=O)OCC)[C@@H]3CC(C)C12S3. The van der Waals surface area contributed by atoms with E-state index >= 15 is 0 Å². The molecule has 3 rings (SSSR count). The Balaban J connectivity index is 2.08. The van der Waals surface area contributed by atoms with Gasteiger partial charge in [-0.05, 0) is 38.5 Å². The van der Waals surface area contributed by atoms with E-state index in [4.69, 9.17) is 4.74 Å². The maximum Gasteiger partial charge on any atom is 0.310 e. The maximum atomic E-state index is 14.0. The first-order valence-electron chi connectivity index (χ1n) is 12.3. The number of carbonyl (C=O) groups is 3. The van der Waals surface area contributed by atoms with Crippen molar-refractivity contribution >= 4 is 29.5 Å². The van der Waals surface area contributed by atoms with Crippen molar-refractivity contribution in [2.75, 3.05) is 13.2 Å². The summed E-state index contributed by atoms with van der Waals surface area (Å²) in [5, 5.41) is 13.4. The fraction of sp³-hybridized carbons (Fsp3) is 0.875. The van der Waals surface area contributed by atoms with Crippen LogP contribution in [0.15, 0.2) is 0 Å². The Kier molecular flexibility index (Phi) is 7.85. The Labute approximate surface area is 196 Å². The third kappa shape index (κ3) is 3.85. The normalized spacial score (nSPS) is 36.0. The molecule has 1 spiro atoms. The van der Waals surface area contributed by atoms with E-state index in [1.165, 1.54) is 0 Å². The third-order valence-electron chi connectivity index (χ3n) is 7.95. The van der Waals surface area contributed by atoms with E-state index in [0.717, 1.165) is 25.7 Å². The summed E-state index contributed by atoms with van der Waals surface area (Å²) in [6, 6.07) is -1.16. The van der Waals surface area contributed by atoms with Crippen LogP contribution in [0.4, 0.5) is 0 Å². The number of nitrogens with one attached hydrogen (secondary N) is 1. The highest BCUT2D eigenvalue weighted by Gasteiger charge is 2.77. The van der Waals surface area contributed by atoms with Gasteiger partial charge in [-0.3, -0.25) is 14.4 Å². The zero-order valence-electron chi connectivity index (χ0n) is 20.3. The molecule has 0 aliphatic carbocycles. The van der Waals surface area contributed by atoms with Crippen LogP contribution in [-0.4, -0.2) is 69.1 Å². The molecule has 0 aromatic heterocycles. The Morgan fingerprint density at radius 1 is 1.31 bits per heavy atom. The van der Waals surface area contributed by atoms with Gasteiger partial charge in [-0.2, -0.15) is 0 Å². The highest BCUT2D eigenvalue weighted by atomic mass is 32.2. The number of aliphatic hydroxyl groups excluding tert-OH is 1. The second kappa shape index (κ2) is 9.92. The number of fused-ring (bicyclic) bond motifs is 1. The molecular formula is C24H40N2O5S. The molecule has 2 amide bonds. The van der Waals surface area contributed by atoms with Crippen molar-refractivity contribution in [2.24, 2.45) is 23.7 Å². The van der Waals surface area contributed by atoms with Crippen molar-refractivity contribution in [3.63, 3.8) is 0 Å². The number of aliphatic hydroxyl groups is 1. The molecule has 182 valence electrons. The number of hydrogen-bond acceptors (Lipinski definition) is 6. The molecule has 0 aromatic carbocycles. The highest BCUT2D eigenvalue weighted by Crippen LogP contribution is 2.69. The lowest BCUT2D eigenvalue weighted by molar-refractivity contribution is -0.154. The van der Waals surface area contributed by atoms with E-state index in [1.807, 2.05) is 20.8 Å². The van der Waals surface area contributed by atoms with Gasteiger partial charge in [-0.1, -0.05) is 40.5 Å². The fourth-order valence-electron chi connectivity index (χ4n) is 6.26. The minimum absolute atomic E-state index is 0.00385. The number of carbonyl (C=O) groups excluding carboxylic acids is 3. The first-order valence-corrected chi connectivity index (χ1v) is 13.1. The van der Waals surface area contributed by atoms with Crippen molar-refractivity contribution in [3.05, 3.63) is 0 Å². The molecular weight excluding hydrogens is 428 g/mol. The zero-order chi connectivity index (χ0) is 23.8. The van der Waals surface area contributed by atoms with Crippen LogP contribution >= 0.6 is 11.8 Å². The first kappa shape index (κ1) is 25.3. The molecule has 0 saturated carbocycles. The van der Waals surface area contributed by atoms with Crippen LogP contribution in [0.1, 0.15) is 67.2 Å². The topological polar surface area (TPSA) is 95.9 Å². The van der Waals surface area contributed by atoms with Gasteiger partial charge in [0, 0.05) is 11.3 Å². The summed E-state index contributed by atoms with van der Waals surface area (Å²) >= 11 is 1.65. The summed E-state index contributed by atoms with van der Waals surface area (Å²) < 4.78 is 4.71. The van der Waals surface area contributed by atoms with Gasteiger partial charge in [0.05, 0.1) is 35.8 Å². The lowest BCUT2D eigenvalue weighted by atomic mass is 9.66. The Morgan fingerprint density at radius 3 is 2.56 bits per heavy atom. The van der Waals surface area contributed by atoms with E-state index in [1.54, 1.807) is 23.6 Å². The number of esters is 1. The van der Waals surface area contributed by atoms with Gasteiger partial charge in [0.2, 0.25) is 11.8 Å². The van der Waals surface area contributed by atoms with Crippen LogP contribution in [0.3, 0.4) is 0 Å². The number of ether oxygens (including phenoxy) is 1. The lowest BCUT2D eigenvalue weighted by Gasteiger charge is -2.41. The number of nitrogens with zero attached hydrogens (tertiary/aromatic N) is 1. The average Bonchev–Trinajstić information content (AvgIpc) is 3.33. The Bertz CT molecular complexity index is 733. The van der Waals surface area contributed by atoms with Gasteiger partial charge in [0.15, 0.2) is 0 Å². The van der Waals surface area contributed by atoms with Gasteiger partial charge in [-0.25, -0.2) is 0 Å². The molecule has 2 N–H and O–H groups in total. The van der Waals surface area contributed by atoms with Crippen LogP contribution < -0.4 is 5.32 Å². The van der Waals surface area contributed by atoms with Gasteiger partial charge >= 0.3 is 5.97 Å². The Hall–Kier alpha value is -1.28. The number of thioether (sulfide) groups is 1. The van der Waals surface area contributed by atoms with E-state index in [-0.39, 0.29) is 54.1 Å². The summed E-state index contributed by atoms with van der Waals surface area (Å²) in [7, 11) is 0. The number of amides is 2. The molecule has 4 unspecified atom stereocenters. The molecule has 9 atom stereocenters. The first-order chi connectivity index (χ1) is 15.2. The number of likely N-dealkylation sites (tertiary alicyclic amines) is 1. The minimum Gasteiger partial charge on any atom is -0.466 e. The van der Waals surface area contributed by atoms with E-state index < -0.39 is 28.7 Å². The van der Waals surface area contributed by atoms with Crippen LogP contribution in [0, 0.1) is 23.7 Å². The van der Waals surface area contributed by atoms with Crippen molar-refractivity contribution in [1.29, 1.82) is 0 Å². The minimum atomic E-state index is -0.699. The third-order valence-corrected chi connectivity index (χ3v) is 10.0. The standard InChI is InChI=1S/C24H40N2O5S/c1-7-10-15(6)25-21(28)20-24-14(5)11-17(32-24)18(23(30)31-9-3)19(24)22(29)26(20)16(12-27)13(4)8-2/h13-20,27H,7-12H2,1-6H3,(H,25,28)/t13-,14?,15?,16-,17-,18+,19-,20?,24?/m0/s1. The molecule has 32 heavy (non-hydrogen) atoms. The molecule has 3 heterocycles. The molecule has 8 heteroatoms. The summed E-state index contributed by atoms with van der Waals surface area (Å²) in [6.07, 6.45) is 3.37. The smallest absolute Gasteiger partial charge is 0.310 e. The maximum absolute atomic E-state index is 14.0. The fourth-order valence-corrected chi connectivity index (χ4v) is 8.66. The van der Waals surface area contributed by atoms with Crippen LogP contribution in [-0.2, 0) is 19.1 Å². The van der Waals surface area contributed by atoms with E-state index in [0.29, 0.717) is 0 Å². The molecule has 7 nitrogen and oxygen atoms in total. The number of rotatable bonds is 10. The summed E-state index contributed by atoms with van der Waals surface area (Å²) in [4.78, 5) is 42.4. The number of hydrogen-bond donors (Lipinski definition) is 2. The van der Waals surface area contributed by atoms with Crippen LogP contribution in [0.25, 0.3) is 0 Å². The van der Waals surface area contributed by atoms with Gasteiger partial charge < -0.3 is 20.1 Å². The van der Waals surface area contributed by atoms with Gasteiger partial charge in [0.25, 0.3) is 0 Å². The molecule has 3 saturated heterocycles. The predicted octanol–water partition coefficient (Wildman–Crippen LogP) is 2.60. The summed E-state index contributed by atoms with van der Waals surface area (Å²) in [5.41, 5.74) is 0. The molecule has 0 aromatic rings. The molecule has 3 fully saturated rings. The molecule has 3 aliphatic heterocycles. The second-order valence-corrected chi connectivity index (χ2v) is 11.4. The average molecular weight is 469 g/mol. The molecule has 2 bridgehead atoms. The zero-order valence-corrected chi connectivity index (χ0v) is 21.1. The monoisotopic (exact) mass is 468 g/mol. The van der Waals surface area contributed by atoms with Crippen molar-refractivity contribution in [3.8, 4) is 0 Å². The largest absolute Gasteiger partial charge is 0.466 e. The summed E-state index contributed by atoms with van der Waals surface area (Å²) in [6.45, 7) is 12.0. The highest BCUT2D eigenvalue weighted by molar-refractivity contribution is 8.02. The van der Waals surface area contributed by atoms with Gasteiger partial charge in [-0.15, -0.1) is 11.8 Å². The molecule has 3 aliphatic rings. The van der Waals surface area contributed by atoms with Gasteiger partial charge in [0.1, 0.15) is 6.04 Å². The van der Waals surface area contributed by atoms with E-state index in [2.05, 4.69) is 19.2 Å². The van der Waals surface area contributed by atoms with E-state index in [9.17, 15) is 19.5 Å². The predicted molar refractivity (Wildman–Crippen MR) is 125 cm³/mol. The second-order valence-electron chi connectivity index (χ2n) is 9.88. The quantitative estimate of drug-likeness (QED) is 0.479. The molecule has 0 radical (unpaired) electrons. The van der Waals surface area contributed by atoms with Crippen molar-refractivity contribution in [1.82, 2.24) is 10.2 Å². The lowest BCUT2D eigenvalue weighted by Crippen LogP contribution is -2.60. The van der Waals surface area contributed by atoms with Crippen molar-refractivity contribution < 1.29 is 24.2 Å². The Morgan fingerprint density at radius 2 is 2.00 bits per heavy atom. The summed E-state index contributed by atoms with van der Waals surface area (Å²) in [5.74, 6) is -1.65.